The topological polar surface area (TPSA) is 32.3 Å². The van der Waals surface area contributed by atoms with E-state index in [0.29, 0.717) is 13.0 Å². The van der Waals surface area contributed by atoms with E-state index < -0.39 is 0 Å². The molecule has 1 unspecified atom stereocenters. The quantitative estimate of drug-likeness (QED) is 0.923. The first kappa shape index (κ1) is 15.6. The smallest absolute Gasteiger partial charge is 0.229 e. The van der Waals surface area contributed by atoms with Crippen molar-refractivity contribution in [3.05, 3.63) is 59.2 Å². The zero-order valence-electron chi connectivity index (χ0n) is 14.1. The molecule has 23 heavy (non-hydrogen) atoms. The van der Waals surface area contributed by atoms with E-state index in [2.05, 4.69) is 50.4 Å². The molecule has 3 rings (SSSR count). The SMILES string of the molecule is Cc1cc(C)cc(NCCC(=O)N2c3ccccc3CC2C)c1. The van der Waals surface area contributed by atoms with Crippen molar-refractivity contribution in [3.8, 4) is 0 Å². The zero-order valence-corrected chi connectivity index (χ0v) is 14.1. The number of hydrogen-bond donors (Lipinski definition) is 1. The molecule has 1 N–H and O–H groups in total. The molecule has 1 aliphatic heterocycles. The van der Waals surface area contributed by atoms with E-state index in [4.69, 9.17) is 0 Å². The molecule has 1 heterocycles. The number of benzene rings is 2. The van der Waals surface area contributed by atoms with E-state index in [9.17, 15) is 4.79 Å². The molecule has 120 valence electrons. The Morgan fingerprint density at radius 3 is 2.61 bits per heavy atom. The maximum Gasteiger partial charge on any atom is 0.229 e. The molecule has 1 atom stereocenters. The molecule has 0 radical (unpaired) electrons. The number of nitrogens with one attached hydrogen (secondary N) is 1. The molecule has 1 aliphatic rings. The second kappa shape index (κ2) is 6.45. The summed E-state index contributed by atoms with van der Waals surface area (Å²) in [5.74, 6) is 0.194. The number of amides is 1. The summed E-state index contributed by atoms with van der Waals surface area (Å²) in [4.78, 5) is 14.6. The van der Waals surface area contributed by atoms with Crippen molar-refractivity contribution in [3.63, 3.8) is 0 Å². The fraction of sp³-hybridized carbons (Fsp3) is 0.350. The van der Waals surface area contributed by atoms with Crippen LogP contribution in [0.1, 0.15) is 30.0 Å². The molecular formula is C20H24N2O. The Bertz CT molecular complexity index is 703. The van der Waals surface area contributed by atoms with Gasteiger partial charge in [0, 0.05) is 30.4 Å². The molecule has 0 bridgehead atoms. The lowest BCUT2D eigenvalue weighted by atomic mass is 10.1. The molecular weight excluding hydrogens is 284 g/mol. The maximum absolute atomic E-state index is 12.6. The van der Waals surface area contributed by atoms with Gasteiger partial charge in [0.1, 0.15) is 0 Å². The first-order chi connectivity index (χ1) is 11.0. The van der Waals surface area contributed by atoms with Crippen molar-refractivity contribution in [2.45, 2.75) is 39.7 Å². The number of para-hydroxylation sites is 1. The number of anilines is 2. The van der Waals surface area contributed by atoms with Crippen molar-refractivity contribution in [1.29, 1.82) is 0 Å². The molecule has 3 heteroatoms. The number of nitrogens with zero attached hydrogens (tertiary/aromatic N) is 1. The number of rotatable bonds is 4. The second-order valence-corrected chi connectivity index (χ2v) is 6.50. The van der Waals surface area contributed by atoms with Crippen LogP contribution >= 0.6 is 0 Å². The van der Waals surface area contributed by atoms with Crippen LogP contribution in [-0.2, 0) is 11.2 Å². The van der Waals surface area contributed by atoms with Crippen LogP contribution < -0.4 is 10.2 Å². The highest BCUT2D eigenvalue weighted by Gasteiger charge is 2.29. The minimum absolute atomic E-state index is 0.194. The van der Waals surface area contributed by atoms with Gasteiger partial charge in [-0.3, -0.25) is 4.79 Å². The molecule has 2 aromatic carbocycles. The lowest BCUT2D eigenvalue weighted by Gasteiger charge is -2.23. The van der Waals surface area contributed by atoms with E-state index in [0.717, 1.165) is 17.8 Å². The molecule has 3 nitrogen and oxygen atoms in total. The molecule has 0 spiro atoms. The van der Waals surface area contributed by atoms with Crippen LogP contribution in [0.25, 0.3) is 0 Å². The lowest BCUT2D eigenvalue weighted by Crippen LogP contribution is -2.36. The summed E-state index contributed by atoms with van der Waals surface area (Å²) in [6.45, 7) is 6.96. The summed E-state index contributed by atoms with van der Waals surface area (Å²) in [7, 11) is 0. The lowest BCUT2D eigenvalue weighted by molar-refractivity contribution is -0.118. The molecule has 0 saturated heterocycles. The van der Waals surface area contributed by atoms with Crippen LogP contribution in [0, 0.1) is 13.8 Å². The van der Waals surface area contributed by atoms with Gasteiger partial charge in [-0.2, -0.15) is 0 Å². The zero-order chi connectivity index (χ0) is 16.4. The Morgan fingerprint density at radius 1 is 1.17 bits per heavy atom. The van der Waals surface area contributed by atoms with Gasteiger partial charge in [-0.25, -0.2) is 0 Å². The standard InChI is InChI=1S/C20H24N2O/c1-14-10-15(2)12-18(11-14)21-9-8-20(23)22-16(3)13-17-6-4-5-7-19(17)22/h4-7,10-12,16,21H,8-9,13H2,1-3H3. The van der Waals surface area contributed by atoms with E-state index in [1.54, 1.807) is 0 Å². The highest BCUT2D eigenvalue weighted by atomic mass is 16.2. The van der Waals surface area contributed by atoms with Gasteiger partial charge in [0.05, 0.1) is 0 Å². The average molecular weight is 308 g/mol. The normalized spacial score (nSPS) is 16.3. The monoisotopic (exact) mass is 308 g/mol. The minimum atomic E-state index is 0.194. The molecule has 0 aromatic heterocycles. The Labute approximate surface area is 138 Å². The van der Waals surface area contributed by atoms with E-state index >= 15 is 0 Å². The Balaban J connectivity index is 1.62. The Morgan fingerprint density at radius 2 is 1.87 bits per heavy atom. The minimum Gasteiger partial charge on any atom is -0.385 e. The molecule has 0 fully saturated rings. The van der Waals surface area contributed by atoms with Crippen LogP contribution in [0.4, 0.5) is 11.4 Å². The third-order valence-corrected chi connectivity index (χ3v) is 4.37. The predicted octanol–water partition coefficient (Wildman–Crippen LogP) is 4.08. The fourth-order valence-electron chi connectivity index (χ4n) is 3.46. The van der Waals surface area contributed by atoms with Crippen LogP contribution in [0.2, 0.25) is 0 Å². The fourth-order valence-corrected chi connectivity index (χ4v) is 3.46. The Hall–Kier alpha value is -2.29. The average Bonchev–Trinajstić information content (AvgIpc) is 2.82. The van der Waals surface area contributed by atoms with Crippen molar-refractivity contribution >= 4 is 17.3 Å². The van der Waals surface area contributed by atoms with Gasteiger partial charge in [-0.05, 0) is 62.1 Å². The van der Waals surface area contributed by atoms with Crippen molar-refractivity contribution < 1.29 is 4.79 Å². The Kier molecular flexibility index (Phi) is 4.37. The van der Waals surface area contributed by atoms with Crippen LogP contribution in [0.15, 0.2) is 42.5 Å². The summed E-state index contributed by atoms with van der Waals surface area (Å²) >= 11 is 0. The number of carbonyl (C=O) groups excluding carboxylic acids is 1. The summed E-state index contributed by atoms with van der Waals surface area (Å²) < 4.78 is 0. The van der Waals surface area contributed by atoms with E-state index in [1.807, 2.05) is 23.1 Å². The van der Waals surface area contributed by atoms with Crippen LogP contribution in [0.3, 0.4) is 0 Å². The summed E-state index contributed by atoms with van der Waals surface area (Å²) in [6, 6.07) is 14.9. The van der Waals surface area contributed by atoms with Crippen molar-refractivity contribution in [2.75, 3.05) is 16.8 Å². The number of carbonyl (C=O) groups is 1. The largest absolute Gasteiger partial charge is 0.385 e. The third kappa shape index (κ3) is 3.39. The number of fused-ring (bicyclic) bond motifs is 1. The van der Waals surface area contributed by atoms with E-state index in [1.165, 1.54) is 16.7 Å². The van der Waals surface area contributed by atoms with Crippen LogP contribution in [-0.4, -0.2) is 18.5 Å². The maximum atomic E-state index is 12.6. The van der Waals surface area contributed by atoms with Crippen LogP contribution in [0.5, 0.6) is 0 Å². The number of hydrogen-bond acceptors (Lipinski definition) is 2. The first-order valence-electron chi connectivity index (χ1n) is 8.27. The molecule has 0 saturated carbocycles. The highest BCUT2D eigenvalue weighted by molar-refractivity contribution is 5.96. The van der Waals surface area contributed by atoms with Crippen molar-refractivity contribution in [1.82, 2.24) is 0 Å². The van der Waals surface area contributed by atoms with Gasteiger partial charge < -0.3 is 10.2 Å². The summed E-state index contributed by atoms with van der Waals surface area (Å²) in [5.41, 5.74) is 5.92. The first-order valence-corrected chi connectivity index (χ1v) is 8.27. The van der Waals surface area contributed by atoms with Gasteiger partial charge in [0.2, 0.25) is 5.91 Å². The third-order valence-electron chi connectivity index (χ3n) is 4.37. The van der Waals surface area contributed by atoms with Gasteiger partial charge in [-0.1, -0.05) is 24.3 Å². The highest BCUT2D eigenvalue weighted by Crippen LogP contribution is 2.32. The van der Waals surface area contributed by atoms with Gasteiger partial charge in [0.15, 0.2) is 0 Å². The summed E-state index contributed by atoms with van der Waals surface area (Å²) in [5, 5.41) is 3.37. The second-order valence-electron chi connectivity index (χ2n) is 6.50. The molecule has 1 amide bonds. The number of aryl methyl sites for hydroxylation is 2. The predicted molar refractivity (Wildman–Crippen MR) is 96.1 cm³/mol. The van der Waals surface area contributed by atoms with Crippen molar-refractivity contribution in [2.24, 2.45) is 0 Å². The molecule has 0 aliphatic carbocycles. The van der Waals surface area contributed by atoms with Gasteiger partial charge >= 0.3 is 0 Å². The van der Waals surface area contributed by atoms with Gasteiger partial charge in [0.25, 0.3) is 0 Å². The van der Waals surface area contributed by atoms with Gasteiger partial charge in [-0.15, -0.1) is 0 Å². The molecule has 2 aromatic rings. The van der Waals surface area contributed by atoms with E-state index in [-0.39, 0.29) is 11.9 Å². The summed E-state index contributed by atoms with van der Waals surface area (Å²) in [6.07, 6.45) is 1.46.